The molecule has 0 bridgehead atoms. The van der Waals surface area contributed by atoms with E-state index in [2.05, 4.69) is 5.32 Å². The van der Waals surface area contributed by atoms with Crippen molar-refractivity contribution in [2.45, 2.75) is 19.4 Å². The Morgan fingerprint density at radius 2 is 1.64 bits per heavy atom. The highest BCUT2D eigenvalue weighted by molar-refractivity contribution is 6.17. The Morgan fingerprint density at radius 3 is 2.29 bits per heavy atom. The van der Waals surface area contributed by atoms with Crippen molar-refractivity contribution in [2.24, 2.45) is 7.05 Å². The predicted octanol–water partition coefficient (Wildman–Crippen LogP) is 3.36. The van der Waals surface area contributed by atoms with Gasteiger partial charge in [-0.2, -0.15) is 0 Å². The fraction of sp³-hybridized carbons (Fsp3) is 0.227. The minimum atomic E-state index is -1.00. The third-order valence-electron chi connectivity index (χ3n) is 5.18. The molecule has 2 heterocycles. The number of hydrogen-bond acceptors (Lipinski definition) is 3. The molecular formula is C22H21N3O3. The van der Waals surface area contributed by atoms with E-state index in [1.54, 1.807) is 13.8 Å². The van der Waals surface area contributed by atoms with Gasteiger partial charge in [0.1, 0.15) is 5.54 Å². The quantitative estimate of drug-likeness (QED) is 0.561. The second-order valence-electron chi connectivity index (χ2n) is 7.54. The lowest BCUT2D eigenvalue weighted by molar-refractivity contribution is -0.129. The number of fused-ring (bicyclic) bond motifs is 1. The van der Waals surface area contributed by atoms with Crippen LogP contribution >= 0.6 is 0 Å². The van der Waals surface area contributed by atoms with Crippen LogP contribution in [0.5, 0.6) is 0 Å². The van der Waals surface area contributed by atoms with Gasteiger partial charge in [-0.05, 0) is 25.5 Å². The number of Topliss-reactive ketones (excluding diaryl/α,β-unsaturated/α-hetero) is 1. The molecular weight excluding hydrogens is 354 g/mol. The predicted molar refractivity (Wildman–Crippen MR) is 107 cm³/mol. The largest absolute Gasteiger partial charge is 0.343 e. The van der Waals surface area contributed by atoms with E-state index in [0.29, 0.717) is 5.56 Å². The number of carbonyl (C=O) groups excluding carboxylic acids is 3. The molecule has 1 aliphatic rings. The average molecular weight is 375 g/mol. The molecule has 0 saturated carbocycles. The first-order valence-corrected chi connectivity index (χ1v) is 9.11. The molecule has 0 atom stereocenters. The van der Waals surface area contributed by atoms with Crippen LogP contribution in [0.1, 0.15) is 24.2 Å². The number of benzene rings is 2. The normalized spacial score (nSPS) is 15.9. The molecule has 1 aliphatic heterocycles. The minimum Gasteiger partial charge on any atom is -0.343 e. The standard InChI is InChI=1S/C22H21N3O3/c1-22(2)20(27)25(21(28)23-22)13-17(26)18-15-11-7-8-12-16(15)24(3)19(18)14-9-5-4-6-10-14/h4-12H,13H2,1-3H3,(H,23,28). The van der Waals surface area contributed by atoms with Gasteiger partial charge in [-0.3, -0.25) is 14.5 Å². The Labute approximate surface area is 162 Å². The SMILES string of the molecule is Cn1c(-c2ccccc2)c(C(=O)CN2C(=O)NC(C)(C)C2=O)c2ccccc21. The Hall–Kier alpha value is -3.41. The van der Waals surface area contributed by atoms with Crippen LogP contribution < -0.4 is 5.32 Å². The first-order chi connectivity index (χ1) is 13.3. The Bertz CT molecular complexity index is 1110. The van der Waals surface area contributed by atoms with Gasteiger partial charge in [0.05, 0.1) is 17.8 Å². The number of ketones is 1. The summed E-state index contributed by atoms with van der Waals surface area (Å²) in [4.78, 5) is 39.1. The Morgan fingerprint density at radius 1 is 1.00 bits per heavy atom. The number of nitrogens with one attached hydrogen (secondary N) is 1. The summed E-state index contributed by atoms with van der Waals surface area (Å²) >= 11 is 0. The molecule has 1 aromatic heterocycles. The zero-order valence-electron chi connectivity index (χ0n) is 16.0. The van der Waals surface area contributed by atoms with Crippen LogP contribution in [0, 0.1) is 0 Å². The molecule has 0 aliphatic carbocycles. The summed E-state index contributed by atoms with van der Waals surface area (Å²) < 4.78 is 1.98. The molecule has 0 radical (unpaired) electrons. The fourth-order valence-corrected chi connectivity index (χ4v) is 3.79. The molecule has 2 aromatic carbocycles. The van der Waals surface area contributed by atoms with E-state index in [1.165, 1.54) is 0 Å². The fourth-order valence-electron chi connectivity index (χ4n) is 3.79. The van der Waals surface area contributed by atoms with Crippen LogP contribution in [-0.2, 0) is 11.8 Å². The molecule has 142 valence electrons. The highest BCUT2D eigenvalue weighted by atomic mass is 16.2. The van der Waals surface area contributed by atoms with Crippen LogP contribution in [-0.4, -0.2) is 39.3 Å². The highest BCUT2D eigenvalue weighted by Crippen LogP contribution is 2.33. The Balaban J connectivity index is 1.83. The third kappa shape index (κ3) is 2.69. The number of para-hydroxylation sites is 1. The maximum absolute atomic E-state index is 13.3. The molecule has 1 fully saturated rings. The van der Waals surface area contributed by atoms with Gasteiger partial charge in [0, 0.05) is 18.0 Å². The maximum Gasteiger partial charge on any atom is 0.325 e. The van der Waals surface area contributed by atoms with Crippen molar-refractivity contribution in [1.29, 1.82) is 0 Å². The average Bonchev–Trinajstić information content (AvgIpc) is 3.08. The van der Waals surface area contributed by atoms with Gasteiger partial charge < -0.3 is 9.88 Å². The number of urea groups is 1. The van der Waals surface area contributed by atoms with E-state index in [-0.39, 0.29) is 12.3 Å². The molecule has 3 amide bonds. The molecule has 6 nitrogen and oxygen atoms in total. The van der Waals surface area contributed by atoms with Gasteiger partial charge >= 0.3 is 6.03 Å². The molecule has 4 rings (SSSR count). The van der Waals surface area contributed by atoms with E-state index >= 15 is 0 Å². The molecule has 0 unspecified atom stereocenters. The van der Waals surface area contributed by atoms with E-state index < -0.39 is 17.5 Å². The van der Waals surface area contributed by atoms with Crippen molar-refractivity contribution in [2.75, 3.05) is 6.54 Å². The third-order valence-corrected chi connectivity index (χ3v) is 5.18. The second-order valence-corrected chi connectivity index (χ2v) is 7.54. The maximum atomic E-state index is 13.3. The van der Waals surface area contributed by atoms with Crippen molar-refractivity contribution < 1.29 is 14.4 Å². The van der Waals surface area contributed by atoms with Gasteiger partial charge in [0.2, 0.25) is 0 Å². The first kappa shape index (κ1) is 18.0. The molecule has 1 saturated heterocycles. The minimum absolute atomic E-state index is 0.267. The summed E-state index contributed by atoms with van der Waals surface area (Å²) in [6, 6.07) is 16.8. The summed E-state index contributed by atoms with van der Waals surface area (Å²) in [5.74, 6) is -0.663. The lowest BCUT2D eigenvalue weighted by Gasteiger charge is -2.16. The van der Waals surface area contributed by atoms with Crippen molar-refractivity contribution in [3.05, 3.63) is 60.2 Å². The molecule has 1 N–H and O–H groups in total. The molecule has 0 spiro atoms. The van der Waals surface area contributed by atoms with E-state index in [1.807, 2.05) is 66.2 Å². The van der Waals surface area contributed by atoms with Crippen LogP contribution in [0.25, 0.3) is 22.2 Å². The molecule has 28 heavy (non-hydrogen) atoms. The number of rotatable bonds is 4. The Kier molecular flexibility index (Phi) is 4.07. The summed E-state index contributed by atoms with van der Waals surface area (Å²) in [7, 11) is 1.91. The monoisotopic (exact) mass is 375 g/mol. The molecule has 3 aromatic rings. The van der Waals surface area contributed by atoms with Crippen LogP contribution in [0.2, 0.25) is 0 Å². The van der Waals surface area contributed by atoms with Crippen molar-refractivity contribution in [1.82, 2.24) is 14.8 Å². The van der Waals surface area contributed by atoms with Gasteiger partial charge in [-0.1, -0.05) is 48.5 Å². The van der Waals surface area contributed by atoms with Gasteiger partial charge in [-0.15, -0.1) is 0 Å². The number of aromatic nitrogens is 1. The summed E-state index contributed by atoms with van der Waals surface area (Å²) in [6.45, 7) is 2.97. The van der Waals surface area contributed by atoms with Crippen LogP contribution in [0.4, 0.5) is 4.79 Å². The lowest BCUT2D eigenvalue weighted by Crippen LogP contribution is -2.41. The van der Waals surface area contributed by atoms with E-state index in [9.17, 15) is 14.4 Å². The topological polar surface area (TPSA) is 71.4 Å². The number of imide groups is 1. The molecule has 6 heteroatoms. The van der Waals surface area contributed by atoms with Crippen LogP contribution in [0.15, 0.2) is 54.6 Å². The van der Waals surface area contributed by atoms with Crippen LogP contribution in [0.3, 0.4) is 0 Å². The van der Waals surface area contributed by atoms with Crippen molar-refractivity contribution in [3.8, 4) is 11.3 Å². The number of hydrogen-bond donors (Lipinski definition) is 1. The van der Waals surface area contributed by atoms with E-state index in [4.69, 9.17) is 0 Å². The summed E-state index contributed by atoms with van der Waals surface area (Å²) in [5, 5.41) is 3.42. The van der Waals surface area contributed by atoms with E-state index in [0.717, 1.165) is 27.1 Å². The first-order valence-electron chi connectivity index (χ1n) is 9.11. The van der Waals surface area contributed by atoms with Crippen molar-refractivity contribution >= 4 is 28.6 Å². The van der Waals surface area contributed by atoms with Gasteiger partial charge in [-0.25, -0.2) is 4.79 Å². The number of amides is 3. The summed E-state index contributed by atoms with van der Waals surface area (Å²) in [5.41, 5.74) is 2.12. The second kappa shape index (κ2) is 6.34. The number of carbonyl (C=O) groups is 3. The van der Waals surface area contributed by atoms with Gasteiger partial charge in [0.25, 0.3) is 5.91 Å². The smallest absolute Gasteiger partial charge is 0.325 e. The highest BCUT2D eigenvalue weighted by Gasteiger charge is 2.45. The summed E-state index contributed by atoms with van der Waals surface area (Å²) in [6.07, 6.45) is 0. The lowest BCUT2D eigenvalue weighted by atomic mass is 10.0. The zero-order chi connectivity index (χ0) is 20.1. The zero-order valence-corrected chi connectivity index (χ0v) is 16.0. The van der Waals surface area contributed by atoms with Crippen molar-refractivity contribution in [3.63, 3.8) is 0 Å². The number of nitrogens with zero attached hydrogens (tertiary/aromatic N) is 2. The number of aryl methyl sites for hydroxylation is 1. The van der Waals surface area contributed by atoms with Gasteiger partial charge in [0.15, 0.2) is 5.78 Å².